The molecule has 0 saturated carbocycles. The van der Waals surface area contributed by atoms with Crippen LogP contribution in [0.15, 0.2) is 78.4 Å². The van der Waals surface area contributed by atoms with E-state index in [2.05, 4.69) is 6.07 Å². The SMILES string of the molecule is COCCN1C(=O)C(=O)/C(=C(/O)c2ccc(OCc3cccc(C)c3)cc2)[C@@H]1c1ccc(C)cc1. The van der Waals surface area contributed by atoms with E-state index in [9.17, 15) is 14.7 Å². The van der Waals surface area contributed by atoms with Crippen molar-refractivity contribution >= 4 is 17.4 Å². The number of aryl methyl sites for hydroxylation is 2. The molecule has 1 saturated heterocycles. The molecule has 1 aliphatic rings. The lowest BCUT2D eigenvalue weighted by Gasteiger charge is -2.25. The van der Waals surface area contributed by atoms with Crippen LogP contribution in [0.5, 0.6) is 5.75 Å². The molecule has 6 nitrogen and oxygen atoms in total. The Balaban J connectivity index is 1.63. The smallest absolute Gasteiger partial charge is 0.295 e. The summed E-state index contributed by atoms with van der Waals surface area (Å²) < 4.78 is 11.0. The number of hydrogen-bond donors (Lipinski definition) is 1. The number of aliphatic hydroxyl groups is 1. The van der Waals surface area contributed by atoms with E-state index in [1.54, 1.807) is 31.4 Å². The second-order valence-corrected chi connectivity index (χ2v) is 8.70. The van der Waals surface area contributed by atoms with Crippen LogP contribution in [0, 0.1) is 13.8 Å². The second kappa shape index (κ2) is 10.6. The lowest BCUT2D eigenvalue weighted by Crippen LogP contribution is -2.32. The number of carbonyl (C=O) groups excluding carboxylic acids is 2. The van der Waals surface area contributed by atoms with Gasteiger partial charge in [-0.1, -0.05) is 59.7 Å². The molecule has 1 heterocycles. The molecule has 3 aromatic carbocycles. The maximum atomic E-state index is 13.0. The first-order valence-electron chi connectivity index (χ1n) is 11.5. The Morgan fingerprint density at radius 3 is 2.31 bits per heavy atom. The minimum atomic E-state index is -0.705. The highest BCUT2D eigenvalue weighted by Crippen LogP contribution is 2.39. The summed E-state index contributed by atoms with van der Waals surface area (Å²) in [5, 5.41) is 11.2. The number of methoxy groups -OCH3 is 1. The van der Waals surface area contributed by atoms with Gasteiger partial charge < -0.3 is 19.5 Å². The lowest BCUT2D eigenvalue weighted by atomic mass is 9.94. The van der Waals surface area contributed by atoms with E-state index >= 15 is 0 Å². The highest BCUT2D eigenvalue weighted by atomic mass is 16.5. The van der Waals surface area contributed by atoms with Crippen molar-refractivity contribution in [1.82, 2.24) is 4.90 Å². The van der Waals surface area contributed by atoms with Crippen LogP contribution < -0.4 is 4.74 Å². The third-order valence-electron chi connectivity index (χ3n) is 6.09. The topological polar surface area (TPSA) is 76.1 Å². The van der Waals surface area contributed by atoms with Gasteiger partial charge in [0.05, 0.1) is 18.2 Å². The number of rotatable bonds is 8. The molecule has 0 radical (unpaired) electrons. The first-order valence-corrected chi connectivity index (χ1v) is 11.5. The van der Waals surface area contributed by atoms with Crippen LogP contribution in [0.2, 0.25) is 0 Å². The predicted molar refractivity (Wildman–Crippen MR) is 134 cm³/mol. The number of amides is 1. The fraction of sp³-hybridized carbons (Fsp3) is 0.241. The quantitative estimate of drug-likeness (QED) is 0.286. The standard InChI is InChI=1S/C29H29NO5/c1-19-7-9-22(10-8-19)26-25(28(32)29(33)30(26)15-16-34-3)27(31)23-11-13-24(14-12-23)35-18-21-6-4-5-20(2)17-21/h4-14,17,26,31H,15-16,18H2,1-3H3/b27-25+/t26-/m0/s1. The van der Waals surface area contributed by atoms with E-state index in [1.165, 1.54) is 4.90 Å². The Bertz CT molecular complexity index is 1240. The number of hydrogen-bond acceptors (Lipinski definition) is 5. The van der Waals surface area contributed by atoms with Crippen LogP contribution in [0.3, 0.4) is 0 Å². The van der Waals surface area contributed by atoms with Crippen molar-refractivity contribution in [2.75, 3.05) is 20.3 Å². The number of likely N-dealkylation sites (tertiary alicyclic amines) is 1. The van der Waals surface area contributed by atoms with Crippen LogP contribution in [-0.4, -0.2) is 42.0 Å². The fourth-order valence-corrected chi connectivity index (χ4v) is 4.23. The van der Waals surface area contributed by atoms with Gasteiger partial charge in [0.25, 0.3) is 11.7 Å². The Hall–Kier alpha value is -3.90. The first-order chi connectivity index (χ1) is 16.9. The summed E-state index contributed by atoms with van der Waals surface area (Å²) in [5.41, 5.74) is 4.55. The number of ether oxygens (including phenoxy) is 2. The second-order valence-electron chi connectivity index (χ2n) is 8.70. The van der Waals surface area contributed by atoms with Gasteiger partial charge in [-0.25, -0.2) is 0 Å². The summed E-state index contributed by atoms with van der Waals surface area (Å²) in [6.45, 7) is 4.94. The monoisotopic (exact) mass is 471 g/mol. The van der Waals surface area contributed by atoms with Gasteiger partial charge in [-0.3, -0.25) is 9.59 Å². The van der Waals surface area contributed by atoms with Gasteiger partial charge in [0, 0.05) is 19.2 Å². The number of Topliss-reactive ketones (excluding diaryl/α,β-unsaturated/α-hetero) is 1. The molecule has 0 unspecified atom stereocenters. The van der Waals surface area contributed by atoms with E-state index in [-0.39, 0.29) is 24.5 Å². The molecule has 180 valence electrons. The molecule has 35 heavy (non-hydrogen) atoms. The van der Waals surface area contributed by atoms with Crippen LogP contribution in [0.1, 0.15) is 33.9 Å². The highest BCUT2D eigenvalue weighted by molar-refractivity contribution is 6.46. The van der Waals surface area contributed by atoms with Gasteiger partial charge in [0.2, 0.25) is 0 Å². The molecule has 0 aliphatic carbocycles. The summed E-state index contributed by atoms with van der Waals surface area (Å²) in [6.07, 6.45) is 0. The van der Waals surface area contributed by atoms with Crippen molar-refractivity contribution in [1.29, 1.82) is 0 Å². The largest absolute Gasteiger partial charge is 0.507 e. The summed E-state index contributed by atoms with van der Waals surface area (Å²) >= 11 is 0. The third kappa shape index (κ3) is 5.28. The molecular formula is C29H29NO5. The van der Waals surface area contributed by atoms with E-state index in [0.29, 0.717) is 17.9 Å². The number of carbonyl (C=O) groups is 2. The molecule has 1 fully saturated rings. The Morgan fingerprint density at radius 1 is 0.943 bits per heavy atom. The van der Waals surface area contributed by atoms with Crippen molar-refractivity contribution in [3.05, 3.63) is 106 Å². The summed E-state index contributed by atoms with van der Waals surface area (Å²) in [7, 11) is 1.54. The van der Waals surface area contributed by atoms with E-state index in [4.69, 9.17) is 9.47 Å². The highest BCUT2D eigenvalue weighted by Gasteiger charge is 2.45. The van der Waals surface area contributed by atoms with Crippen molar-refractivity contribution in [3.8, 4) is 5.75 Å². The molecule has 0 bridgehead atoms. The zero-order valence-corrected chi connectivity index (χ0v) is 20.2. The van der Waals surface area contributed by atoms with E-state index in [1.807, 2.05) is 56.3 Å². The molecule has 1 atom stereocenters. The number of ketones is 1. The molecule has 1 aliphatic heterocycles. The minimum Gasteiger partial charge on any atom is -0.507 e. The average Bonchev–Trinajstić information content (AvgIpc) is 3.11. The van der Waals surface area contributed by atoms with Gasteiger partial charge in [-0.05, 0) is 49.2 Å². The van der Waals surface area contributed by atoms with Gasteiger partial charge in [-0.2, -0.15) is 0 Å². The molecule has 0 aromatic heterocycles. The van der Waals surface area contributed by atoms with Crippen LogP contribution in [0.4, 0.5) is 0 Å². The Morgan fingerprint density at radius 2 is 1.66 bits per heavy atom. The zero-order valence-electron chi connectivity index (χ0n) is 20.2. The van der Waals surface area contributed by atoms with Gasteiger partial charge >= 0.3 is 0 Å². The number of benzene rings is 3. The molecular weight excluding hydrogens is 442 g/mol. The van der Waals surface area contributed by atoms with Crippen molar-refractivity contribution < 1.29 is 24.2 Å². The van der Waals surface area contributed by atoms with E-state index < -0.39 is 17.7 Å². The Labute approximate surface area is 205 Å². The van der Waals surface area contributed by atoms with Crippen molar-refractivity contribution in [2.24, 2.45) is 0 Å². The van der Waals surface area contributed by atoms with Crippen molar-refractivity contribution in [2.45, 2.75) is 26.5 Å². The van der Waals surface area contributed by atoms with Crippen LogP contribution in [-0.2, 0) is 20.9 Å². The average molecular weight is 472 g/mol. The predicted octanol–water partition coefficient (Wildman–Crippen LogP) is 4.95. The third-order valence-corrected chi connectivity index (χ3v) is 6.09. The van der Waals surface area contributed by atoms with Gasteiger partial charge in [0.1, 0.15) is 18.1 Å². The van der Waals surface area contributed by atoms with Gasteiger partial charge in [0.15, 0.2) is 0 Å². The maximum absolute atomic E-state index is 13.0. The normalized spacial score (nSPS) is 17.1. The summed E-state index contributed by atoms with van der Waals surface area (Å²) in [6, 6.07) is 21.9. The molecule has 0 spiro atoms. The van der Waals surface area contributed by atoms with Crippen LogP contribution in [0.25, 0.3) is 5.76 Å². The molecule has 1 amide bonds. The summed E-state index contributed by atoms with van der Waals surface area (Å²) in [4.78, 5) is 27.3. The zero-order chi connectivity index (χ0) is 24.9. The van der Waals surface area contributed by atoms with Gasteiger partial charge in [-0.15, -0.1) is 0 Å². The summed E-state index contributed by atoms with van der Waals surface area (Å²) in [5.74, 6) is -0.922. The maximum Gasteiger partial charge on any atom is 0.295 e. The molecule has 3 aromatic rings. The number of aliphatic hydroxyl groups excluding tert-OH is 1. The molecule has 6 heteroatoms. The lowest BCUT2D eigenvalue weighted by molar-refractivity contribution is -0.140. The fourth-order valence-electron chi connectivity index (χ4n) is 4.23. The molecule has 1 N–H and O–H groups in total. The molecule has 4 rings (SSSR count). The van der Waals surface area contributed by atoms with Crippen molar-refractivity contribution in [3.63, 3.8) is 0 Å². The van der Waals surface area contributed by atoms with E-state index in [0.717, 1.165) is 22.3 Å². The minimum absolute atomic E-state index is 0.0726. The number of nitrogens with zero attached hydrogens (tertiary/aromatic N) is 1. The first kappa shape index (κ1) is 24.2. The van der Waals surface area contributed by atoms with Crippen LogP contribution >= 0.6 is 0 Å². The Kier molecular flexibility index (Phi) is 7.32.